The third-order valence-electron chi connectivity index (χ3n) is 4.13. The standard InChI is InChI=1S/C18H17FN2O2S/c1-3-17(22)21-7-6-13-14(10-24-16(13)9-21)18(23)20-15-8-12(19)5-4-11(15)2/h3-5,8,10H,1,6-7,9H2,2H3,(H,20,23). The number of aryl methyl sites for hydroxylation is 1. The van der Waals surface area contributed by atoms with Crippen LogP contribution >= 0.6 is 11.3 Å². The van der Waals surface area contributed by atoms with Gasteiger partial charge in [-0.1, -0.05) is 12.6 Å². The van der Waals surface area contributed by atoms with E-state index >= 15 is 0 Å². The lowest BCUT2D eigenvalue weighted by atomic mass is 10.0. The van der Waals surface area contributed by atoms with Gasteiger partial charge in [0, 0.05) is 22.5 Å². The summed E-state index contributed by atoms with van der Waals surface area (Å²) in [6.07, 6.45) is 1.93. The highest BCUT2D eigenvalue weighted by molar-refractivity contribution is 7.10. The average Bonchev–Trinajstić information content (AvgIpc) is 3.00. The number of anilines is 1. The molecule has 1 aliphatic heterocycles. The van der Waals surface area contributed by atoms with E-state index in [9.17, 15) is 14.0 Å². The van der Waals surface area contributed by atoms with Gasteiger partial charge in [0.25, 0.3) is 5.91 Å². The summed E-state index contributed by atoms with van der Waals surface area (Å²) >= 11 is 1.47. The van der Waals surface area contributed by atoms with Gasteiger partial charge < -0.3 is 10.2 Å². The molecule has 0 saturated heterocycles. The molecule has 1 N–H and O–H groups in total. The Morgan fingerprint density at radius 1 is 1.42 bits per heavy atom. The topological polar surface area (TPSA) is 49.4 Å². The van der Waals surface area contributed by atoms with Gasteiger partial charge in [-0.3, -0.25) is 9.59 Å². The third-order valence-corrected chi connectivity index (χ3v) is 5.14. The zero-order valence-corrected chi connectivity index (χ0v) is 14.1. The predicted molar refractivity (Wildman–Crippen MR) is 92.7 cm³/mol. The number of carbonyl (C=O) groups excluding carboxylic acids is 2. The Labute approximate surface area is 143 Å². The molecule has 0 unspecified atom stereocenters. The summed E-state index contributed by atoms with van der Waals surface area (Å²) in [7, 11) is 0. The summed E-state index contributed by atoms with van der Waals surface area (Å²) in [4.78, 5) is 27.0. The van der Waals surface area contributed by atoms with Crippen LogP contribution < -0.4 is 5.32 Å². The molecule has 1 aromatic heterocycles. The Bertz CT molecular complexity index is 828. The van der Waals surface area contributed by atoms with Gasteiger partial charge in [0.1, 0.15) is 5.82 Å². The van der Waals surface area contributed by atoms with Crippen molar-refractivity contribution in [2.24, 2.45) is 0 Å². The van der Waals surface area contributed by atoms with Gasteiger partial charge in [-0.05, 0) is 42.7 Å². The van der Waals surface area contributed by atoms with E-state index in [0.29, 0.717) is 30.8 Å². The molecule has 2 heterocycles. The number of fused-ring (bicyclic) bond motifs is 1. The second kappa shape index (κ2) is 6.57. The highest BCUT2D eigenvalue weighted by Crippen LogP contribution is 2.29. The monoisotopic (exact) mass is 344 g/mol. The van der Waals surface area contributed by atoms with Gasteiger partial charge >= 0.3 is 0 Å². The molecule has 2 amide bonds. The maximum atomic E-state index is 13.4. The van der Waals surface area contributed by atoms with Crippen LogP contribution in [0, 0.1) is 12.7 Å². The van der Waals surface area contributed by atoms with Crippen LogP contribution in [-0.4, -0.2) is 23.3 Å². The van der Waals surface area contributed by atoms with E-state index in [0.717, 1.165) is 16.0 Å². The second-order valence-corrected chi connectivity index (χ2v) is 6.64. The van der Waals surface area contributed by atoms with Crippen LogP contribution in [0.4, 0.5) is 10.1 Å². The summed E-state index contributed by atoms with van der Waals surface area (Å²) in [6.45, 7) is 6.38. The molecule has 3 rings (SSSR count). The van der Waals surface area contributed by atoms with Crippen molar-refractivity contribution in [3.8, 4) is 0 Å². The lowest BCUT2D eigenvalue weighted by molar-refractivity contribution is -0.126. The Hall–Kier alpha value is -2.47. The van der Waals surface area contributed by atoms with Crippen molar-refractivity contribution >= 4 is 28.8 Å². The molecule has 0 spiro atoms. The smallest absolute Gasteiger partial charge is 0.256 e. The van der Waals surface area contributed by atoms with Crippen molar-refractivity contribution < 1.29 is 14.0 Å². The van der Waals surface area contributed by atoms with Crippen molar-refractivity contribution in [1.82, 2.24) is 4.90 Å². The molecule has 124 valence electrons. The van der Waals surface area contributed by atoms with Crippen LogP contribution in [0.25, 0.3) is 0 Å². The Morgan fingerprint density at radius 3 is 2.96 bits per heavy atom. The molecular weight excluding hydrogens is 327 g/mol. The largest absolute Gasteiger partial charge is 0.334 e. The zero-order valence-electron chi connectivity index (χ0n) is 13.3. The van der Waals surface area contributed by atoms with E-state index in [1.807, 2.05) is 6.92 Å². The van der Waals surface area contributed by atoms with Gasteiger partial charge in [-0.25, -0.2) is 4.39 Å². The van der Waals surface area contributed by atoms with Gasteiger partial charge in [0.05, 0.1) is 12.1 Å². The summed E-state index contributed by atoms with van der Waals surface area (Å²) in [5.74, 6) is -0.734. The number of hydrogen-bond donors (Lipinski definition) is 1. The predicted octanol–water partition coefficient (Wildman–Crippen LogP) is 3.52. The first-order valence-electron chi connectivity index (χ1n) is 7.57. The van der Waals surface area contributed by atoms with Crippen molar-refractivity contribution in [2.45, 2.75) is 19.9 Å². The fourth-order valence-corrected chi connectivity index (χ4v) is 3.85. The summed E-state index contributed by atoms with van der Waals surface area (Å²) < 4.78 is 13.4. The maximum absolute atomic E-state index is 13.4. The fourth-order valence-electron chi connectivity index (χ4n) is 2.75. The fraction of sp³-hybridized carbons (Fsp3) is 0.222. The minimum absolute atomic E-state index is 0.101. The first kappa shape index (κ1) is 16.4. The molecule has 0 bridgehead atoms. The minimum atomic E-state index is -0.387. The van der Waals surface area contributed by atoms with E-state index in [2.05, 4.69) is 11.9 Å². The van der Waals surface area contributed by atoms with E-state index in [1.54, 1.807) is 16.3 Å². The molecule has 6 heteroatoms. The van der Waals surface area contributed by atoms with Gasteiger partial charge in [-0.2, -0.15) is 0 Å². The molecule has 1 aromatic carbocycles. The van der Waals surface area contributed by atoms with Crippen LogP contribution in [-0.2, 0) is 17.8 Å². The number of nitrogens with zero attached hydrogens (tertiary/aromatic N) is 1. The van der Waals surface area contributed by atoms with E-state index in [1.165, 1.54) is 29.5 Å². The molecule has 4 nitrogen and oxygen atoms in total. The third kappa shape index (κ3) is 3.10. The maximum Gasteiger partial charge on any atom is 0.256 e. The number of nitrogens with one attached hydrogen (secondary N) is 1. The molecule has 0 fully saturated rings. The van der Waals surface area contributed by atoms with Crippen molar-refractivity contribution in [3.63, 3.8) is 0 Å². The highest BCUT2D eigenvalue weighted by Gasteiger charge is 2.25. The molecule has 0 radical (unpaired) electrons. The molecule has 1 aliphatic rings. The normalized spacial score (nSPS) is 13.3. The highest BCUT2D eigenvalue weighted by atomic mass is 32.1. The van der Waals surface area contributed by atoms with Gasteiger partial charge in [-0.15, -0.1) is 11.3 Å². The summed E-state index contributed by atoms with van der Waals surface area (Å²) in [5, 5.41) is 4.58. The minimum Gasteiger partial charge on any atom is -0.334 e. The summed E-state index contributed by atoms with van der Waals surface area (Å²) in [6, 6.07) is 4.31. The quantitative estimate of drug-likeness (QED) is 0.866. The summed E-state index contributed by atoms with van der Waals surface area (Å²) in [5.41, 5.74) is 2.85. The van der Waals surface area contributed by atoms with Crippen molar-refractivity contribution in [3.05, 3.63) is 63.6 Å². The number of rotatable bonds is 3. The van der Waals surface area contributed by atoms with E-state index in [-0.39, 0.29) is 17.6 Å². The molecule has 0 saturated carbocycles. The number of hydrogen-bond acceptors (Lipinski definition) is 3. The lowest BCUT2D eigenvalue weighted by Crippen LogP contribution is -2.34. The van der Waals surface area contributed by atoms with Crippen LogP contribution in [0.15, 0.2) is 36.2 Å². The first-order chi connectivity index (χ1) is 11.5. The Kier molecular flexibility index (Phi) is 4.49. The van der Waals surface area contributed by atoms with E-state index in [4.69, 9.17) is 0 Å². The van der Waals surface area contributed by atoms with Gasteiger partial charge in [0.2, 0.25) is 5.91 Å². The zero-order chi connectivity index (χ0) is 17.3. The molecule has 0 aliphatic carbocycles. The van der Waals surface area contributed by atoms with Crippen molar-refractivity contribution in [2.75, 3.05) is 11.9 Å². The van der Waals surface area contributed by atoms with Crippen molar-refractivity contribution in [1.29, 1.82) is 0 Å². The lowest BCUT2D eigenvalue weighted by Gasteiger charge is -2.26. The van der Waals surface area contributed by atoms with Crippen LogP contribution in [0.5, 0.6) is 0 Å². The van der Waals surface area contributed by atoms with Crippen LogP contribution in [0.1, 0.15) is 26.4 Å². The number of benzene rings is 1. The second-order valence-electron chi connectivity index (χ2n) is 5.68. The SMILES string of the molecule is C=CC(=O)N1CCc2c(C(=O)Nc3cc(F)ccc3C)csc2C1. The number of amides is 2. The first-order valence-corrected chi connectivity index (χ1v) is 8.45. The molecule has 2 aromatic rings. The molecule has 0 atom stereocenters. The number of thiophene rings is 1. The number of carbonyl (C=O) groups is 2. The number of halogens is 1. The molecule has 24 heavy (non-hydrogen) atoms. The van der Waals surface area contributed by atoms with Crippen LogP contribution in [0.2, 0.25) is 0 Å². The van der Waals surface area contributed by atoms with Crippen LogP contribution in [0.3, 0.4) is 0 Å². The van der Waals surface area contributed by atoms with Gasteiger partial charge in [0.15, 0.2) is 0 Å². The average molecular weight is 344 g/mol. The Morgan fingerprint density at radius 2 is 2.21 bits per heavy atom. The van der Waals surface area contributed by atoms with E-state index < -0.39 is 0 Å². The Balaban J connectivity index is 1.81. The molecular formula is C18H17FN2O2S.